The van der Waals surface area contributed by atoms with E-state index in [1.165, 1.54) is 5.01 Å². The van der Waals surface area contributed by atoms with Gasteiger partial charge >= 0.3 is 6.09 Å². The zero-order valence-electron chi connectivity index (χ0n) is 38.5. The van der Waals surface area contributed by atoms with Crippen molar-refractivity contribution in [2.45, 2.75) is 86.2 Å². The molecule has 1 aliphatic rings. The monoisotopic (exact) mass is 870 g/mol. The second-order valence-corrected chi connectivity index (χ2v) is 16.5. The summed E-state index contributed by atoms with van der Waals surface area (Å²) >= 11 is 0. The number of ether oxygens (including phenoxy) is 5. The number of aldehydes is 1. The number of amides is 3. The Bertz CT molecular complexity index is 1690. The lowest BCUT2D eigenvalue weighted by molar-refractivity contribution is -0.123. The van der Waals surface area contributed by atoms with E-state index in [0.717, 1.165) is 23.8 Å². The molecule has 62 heavy (non-hydrogen) atoms. The first-order chi connectivity index (χ1) is 29.7. The molecule has 0 saturated carbocycles. The third-order valence-corrected chi connectivity index (χ3v) is 9.78. The molecule has 0 spiro atoms. The highest BCUT2D eigenvalue weighted by atomic mass is 16.5. The normalized spacial score (nSPS) is 14.2. The second kappa shape index (κ2) is 28.9. The molecule has 1 aliphatic heterocycles. The van der Waals surface area contributed by atoms with E-state index in [1.54, 1.807) is 19.1 Å². The van der Waals surface area contributed by atoms with Gasteiger partial charge < -0.3 is 60.1 Å². The Kier molecular flexibility index (Phi) is 25.0. The smallest absolute Gasteiger partial charge is 0.407 e. The summed E-state index contributed by atoms with van der Waals surface area (Å²) in [4.78, 5) is 51.6. The standard InChI is InChI=1S/C44H69N7O9.C2H6/c1-43(2,31-59-32-44(3,4)30-58-26-25-56-6)29-57-23-19-38(53)48-21-18-39(54)50-27-33-13-7-8-15-35(33)41(40(45)36-16-9-10-17-37(36)50)51(46)22-24-60-42(55)49-20-12-11-14-34(28-52)47-5;1-2/h7-10,13,15-17,28,34,47H,11-12,14,18-27,29-32,45-46H2,1-6H3,(H,48,53)(H,49,55);1-2H3/b41-40-;. The molecule has 0 fully saturated rings. The van der Waals surface area contributed by atoms with Crippen molar-refractivity contribution in [3.8, 4) is 0 Å². The summed E-state index contributed by atoms with van der Waals surface area (Å²) in [5.41, 5.74) is 10.2. The molecule has 0 bridgehead atoms. The second-order valence-electron chi connectivity index (χ2n) is 16.5. The molecule has 0 saturated heterocycles. The number of benzene rings is 2. The number of likely N-dealkylation sites (N-methyl/N-ethyl adjacent to an activating group) is 1. The van der Waals surface area contributed by atoms with E-state index >= 15 is 0 Å². The van der Waals surface area contributed by atoms with Crippen LogP contribution in [0.15, 0.2) is 48.5 Å². The van der Waals surface area contributed by atoms with E-state index in [-0.39, 0.29) is 74.4 Å². The number of rotatable bonds is 28. The number of unbranched alkanes of at least 4 members (excludes halogenated alkanes) is 1. The number of nitrogens with zero attached hydrogens (tertiary/aromatic N) is 2. The zero-order valence-corrected chi connectivity index (χ0v) is 38.5. The number of fused-ring (bicyclic) bond motifs is 2. The van der Waals surface area contributed by atoms with Gasteiger partial charge in [0.2, 0.25) is 11.8 Å². The number of carbonyl (C=O) groups is 4. The minimum atomic E-state index is -0.564. The summed E-state index contributed by atoms with van der Waals surface area (Å²) < 4.78 is 27.9. The maximum Gasteiger partial charge on any atom is 0.407 e. The molecular formula is C46H75N7O9. The Balaban J connectivity index is 0.00000651. The number of para-hydroxylation sites is 1. The van der Waals surface area contributed by atoms with Gasteiger partial charge in [0.15, 0.2) is 0 Å². The maximum atomic E-state index is 13.9. The number of nitrogens with one attached hydrogen (secondary N) is 3. The van der Waals surface area contributed by atoms with E-state index in [2.05, 4.69) is 43.6 Å². The Morgan fingerprint density at radius 2 is 1.45 bits per heavy atom. The van der Waals surface area contributed by atoms with Crippen molar-refractivity contribution in [2.75, 3.05) is 91.5 Å². The first kappa shape index (κ1) is 53.6. The number of nitrogens with two attached hydrogens (primary N) is 2. The van der Waals surface area contributed by atoms with Crippen LogP contribution in [0.4, 0.5) is 10.5 Å². The molecule has 16 heteroatoms. The van der Waals surface area contributed by atoms with E-state index in [0.29, 0.717) is 81.7 Å². The fourth-order valence-corrected chi connectivity index (χ4v) is 6.47. The maximum absolute atomic E-state index is 13.9. The van der Waals surface area contributed by atoms with Crippen molar-refractivity contribution in [3.05, 3.63) is 65.2 Å². The van der Waals surface area contributed by atoms with Crippen LogP contribution in [-0.4, -0.2) is 122 Å². The van der Waals surface area contributed by atoms with Gasteiger partial charge in [-0.1, -0.05) is 84.0 Å². The number of hydrazine groups is 1. The molecule has 0 aromatic heterocycles. The van der Waals surface area contributed by atoms with Crippen molar-refractivity contribution in [1.29, 1.82) is 0 Å². The summed E-state index contributed by atoms with van der Waals surface area (Å²) in [6, 6.07) is 14.7. The van der Waals surface area contributed by atoms with Gasteiger partial charge in [-0.2, -0.15) is 0 Å². The predicted molar refractivity (Wildman–Crippen MR) is 244 cm³/mol. The average molecular weight is 870 g/mol. The average Bonchev–Trinajstić information content (AvgIpc) is 3.25. The van der Waals surface area contributed by atoms with Crippen LogP contribution in [0.3, 0.4) is 0 Å². The van der Waals surface area contributed by atoms with Gasteiger partial charge in [0.25, 0.3) is 0 Å². The van der Waals surface area contributed by atoms with Gasteiger partial charge in [-0.3, -0.25) is 9.59 Å². The number of hydrogen-bond acceptors (Lipinski definition) is 13. The van der Waals surface area contributed by atoms with E-state index in [1.807, 2.05) is 62.4 Å². The van der Waals surface area contributed by atoms with Crippen molar-refractivity contribution in [2.24, 2.45) is 22.4 Å². The molecule has 0 radical (unpaired) electrons. The summed E-state index contributed by atoms with van der Waals surface area (Å²) in [6.45, 7) is 16.6. The minimum absolute atomic E-state index is 0.00297. The lowest BCUT2D eigenvalue weighted by atomic mass is 9.94. The highest BCUT2D eigenvalue weighted by molar-refractivity contribution is 6.01. The number of carbonyl (C=O) groups excluding carboxylic acids is 4. The quantitative estimate of drug-likeness (QED) is 0.0336. The molecule has 1 atom stereocenters. The van der Waals surface area contributed by atoms with Crippen LogP contribution in [0.2, 0.25) is 0 Å². The molecule has 16 nitrogen and oxygen atoms in total. The number of hydrogen-bond donors (Lipinski definition) is 5. The topological polar surface area (TPSA) is 209 Å². The van der Waals surface area contributed by atoms with E-state index in [9.17, 15) is 19.2 Å². The SMILES string of the molecule is CC.CNC(C=O)CCCCNC(=O)OCCN(N)/C1=C(\N)c2ccccc2N(C(=O)CCNC(=O)CCOCC(C)(C)COCC(C)(C)COCCOC)Cc2ccccc21. The van der Waals surface area contributed by atoms with E-state index in [4.69, 9.17) is 35.3 Å². The predicted octanol–water partition coefficient (Wildman–Crippen LogP) is 4.85. The van der Waals surface area contributed by atoms with Crippen molar-refractivity contribution >= 4 is 41.3 Å². The van der Waals surface area contributed by atoms with Crippen LogP contribution in [0.25, 0.3) is 11.4 Å². The highest BCUT2D eigenvalue weighted by Gasteiger charge is 2.28. The third-order valence-electron chi connectivity index (χ3n) is 9.78. The van der Waals surface area contributed by atoms with E-state index < -0.39 is 6.09 Å². The Morgan fingerprint density at radius 3 is 2.11 bits per heavy atom. The number of methoxy groups -OCH3 is 1. The van der Waals surface area contributed by atoms with Crippen LogP contribution in [-0.2, 0) is 44.6 Å². The van der Waals surface area contributed by atoms with Crippen LogP contribution >= 0.6 is 0 Å². The van der Waals surface area contributed by atoms with Crippen LogP contribution in [0.1, 0.15) is 90.3 Å². The lowest BCUT2D eigenvalue weighted by Crippen LogP contribution is -2.39. The lowest BCUT2D eigenvalue weighted by Gasteiger charge is -2.33. The first-order valence-electron chi connectivity index (χ1n) is 21.7. The van der Waals surface area contributed by atoms with Gasteiger partial charge in [0, 0.05) is 55.0 Å². The largest absolute Gasteiger partial charge is 0.448 e. The van der Waals surface area contributed by atoms with Crippen molar-refractivity contribution in [3.63, 3.8) is 0 Å². The van der Waals surface area contributed by atoms with Crippen LogP contribution in [0.5, 0.6) is 0 Å². The van der Waals surface area contributed by atoms with Gasteiger partial charge in [0.05, 0.1) is 82.5 Å². The fourth-order valence-electron chi connectivity index (χ4n) is 6.47. The van der Waals surface area contributed by atoms with Gasteiger partial charge in [-0.15, -0.1) is 0 Å². The molecule has 1 heterocycles. The van der Waals surface area contributed by atoms with Gasteiger partial charge in [0.1, 0.15) is 12.9 Å². The van der Waals surface area contributed by atoms with Crippen molar-refractivity contribution in [1.82, 2.24) is 21.0 Å². The summed E-state index contributed by atoms with van der Waals surface area (Å²) in [5.74, 6) is 6.23. The summed E-state index contributed by atoms with van der Waals surface area (Å²) in [5, 5.41) is 9.98. The zero-order chi connectivity index (χ0) is 46.0. The molecule has 3 amide bonds. The molecular weight excluding hydrogens is 795 g/mol. The van der Waals surface area contributed by atoms with Crippen molar-refractivity contribution < 1.29 is 42.9 Å². The van der Waals surface area contributed by atoms with Crippen LogP contribution in [0, 0.1) is 10.8 Å². The third kappa shape index (κ3) is 19.2. The molecule has 0 aliphatic carbocycles. The Morgan fingerprint density at radius 1 is 0.823 bits per heavy atom. The Hall–Kier alpha value is -4.58. The highest BCUT2D eigenvalue weighted by Crippen LogP contribution is 2.36. The first-order valence-corrected chi connectivity index (χ1v) is 21.7. The minimum Gasteiger partial charge on any atom is -0.448 e. The fraction of sp³-hybridized carbons (Fsp3) is 0.609. The summed E-state index contributed by atoms with van der Waals surface area (Å²) in [6.07, 6.45) is 2.70. The number of alkyl carbamates (subject to hydrolysis) is 1. The Labute approximate surface area is 369 Å². The van der Waals surface area contributed by atoms with Gasteiger partial charge in [-0.05, 0) is 37.9 Å². The summed E-state index contributed by atoms with van der Waals surface area (Å²) in [7, 11) is 3.38. The molecule has 2 aromatic rings. The van der Waals surface area contributed by atoms with Gasteiger partial charge in [-0.25, -0.2) is 10.6 Å². The molecule has 348 valence electrons. The molecule has 1 unspecified atom stereocenters. The van der Waals surface area contributed by atoms with Crippen LogP contribution < -0.4 is 32.4 Å². The molecule has 2 aromatic carbocycles. The molecule has 7 N–H and O–H groups in total. The number of anilines is 1. The molecule has 3 rings (SSSR count).